The largest absolute Gasteiger partial charge is 0.443 e. The van der Waals surface area contributed by atoms with E-state index in [0.29, 0.717) is 10.4 Å². The van der Waals surface area contributed by atoms with Gasteiger partial charge in [0, 0.05) is 18.2 Å². The highest BCUT2D eigenvalue weighted by molar-refractivity contribution is 7.12. The molecule has 148 valence electrons. The maximum absolute atomic E-state index is 12.9. The lowest BCUT2D eigenvalue weighted by Gasteiger charge is -2.17. The molecule has 1 aromatic heterocycles. The van der Waals surface area contributed by atoms with Crippen molar-refractivity contribution in [2.45, 2.75) is 13.0 Å². The van der Waals surface area contributed by atoms with Gasteiger partial charge in [0.25, 0.3) is 5.91 Å². The number of amides is 3. The fraction of sp³-hybridized carbons (Fsp3) is 0.136. The Labute approximate surface area is 172 Å². The van der Waals surface area contributed by atoms with Crippen LogP contribution in [-0.2, 0) is 9.53 Å². The molecule has 2 aromatic carbocycles. The van der Waals surface area contributed by atoms with E-state index in [9.17, 15) is 14.4 Å². The minimum atomic E-state index is -1.26. The lowest BCUT2D eigenvalue weighted by atomic mass is 10.0. The zero-order chi connectivity index (χ0) is 20.8. The number of ether oxygens (including phenoxy) is 1. The molecule has 0 aliphatic heterocycles. The summed E-state index contributed by atoms with van der Waals surface area (Å²) in [5.74, 6) is -1.35. The van der Waals surface area contributed by atoms with Crippen LogP contribution >= 0.6 is 11.3 Å². The maximum Gasteiger partial charge on any atom is 0.350 e. The van der Waals surface area contributed by atoms with Gasteiger partial charge in [-0.15, -0.1) is 11.3 Å². The molecule has 2 N–H and O–H groups in total. The molecule has 0 saturated carbocycles. The van der Waals surface area contributed by atoms with E-state index in [0.717, 1.165) is 16.7 Å². The third kappa shape index (κ3) is 4.89. The van der Waals surface area contributed by atoms with E-state index in [2.05, 4.69) is 10.6 Å². The molecular formula is C22H20N2O4S. The SMILES string of the molecule is CNC(=O)NC(=O)[C@@H](OC(=O)c1sccc1-c1ccc(C)cc1)c1ccccc1. The molecule has 0 saturated heterocycles. The zero-order valence-electron chi connectivity index (χ0n) is 16.0. The van der Waals surface area contributed by atoms with Crippen LogP contribution < -0.4 is 10.6 Å². The minimum absolute atomic E-state index is 0.391. The zero-order valence-corrected chi connectivity index (χ0v) is 16.8. The van der Waals surface area contributed by atoms with E-state index in [4.69, 9.17) is 4.74 Å². The van der Waals surface area contributed by atoms with Gasteiger partial charge in [-0.25, -0.2) is 9.59 Å². The van der Waals surface area contributed by atoms with E-state index in [1.54, 1.807) is 35.7 Å². The van der Waals surface area contributed by atoms with Crippen LogP contribution in [0.1, 0.15) is 26.9 Å². The van der Waals surface area contributed by atoms with Crippen molar-refractivity contribution < 1.29 is 19.1 Å². The van der Waals surface area contributed by atoms with Crippen LogP contribution in [0.5, 0.6) is 0 Å². The molecule has 0 spiro atoms. The molecule has 0 unspecified atom stereocenters. The van der Waals surface area contributed by atoms with Crippen LogP contribution in [0.4, 0.5) is 4.79 Å². The van der Waals surface area contributed by atoms with Crippen LogP contribution in [0.25, 0.3) is 11.1 Å². The average molecular weight is 408 g/mol. The number of thiophene rings is 1. The Bertz CT molecular complexity index is 1010. The van der Waals surface area contributed by atoms with E-state index in [-0.39, 0.29) is 0 Å². The molecule has 0 aliphatic rings. The number of benzene rings is 2. The number of aryl methyl sites for hydroxylation is 1. The van der Waals surface area contributed by atoms with Crippen LogP contribution in [-0.4, -0.2) is 25.0 Å². The summed E-state index contributed by atoms with van der Waals surface area (Å²) in [4.78, 5) is 37.4. The Morgan fingerprint density at radius 1 is 0.966 bits per heavy atom. The van der Waals surface area contributed by atoms with Crippen molar-refractivity contribution in [3.05, 3.63) is 82.0 Å². The van der Waals surface area contributed by atoms with Gasteiger partial charge in [0.05, 0.1) is 0 Å². The minimum Gasteiger partial charge on any atom is -0.443 e. The molecule has 1 heterocycles. The average Bonchev–Trinajstić information content (AvgIpc) is 3.22. The molecular weight excluding hydrogens is 388 g/mol. The Kier molecular flexibility index (Phi) is 6.41. The molecule has 29 heavy (non-hydrogen) atoms. The van der Waals surface area contributed by atoms with Crippen molar-refractivity contribution in [2.24, 2.45) is 0 Å². The van der Waals surface area contributed by atoms with Gasteiger partial charge in [0.1, 0.15) is 4.88 Å². The van der Waals surface area contributed by atoms with Gasteiger partial charge in [-0.05, 0) is 23.9 Å². The third-order valence-electron chi connectivity index (χ3n) is 4.24. The number of imide groups is 1. The molecule has 0 bridgehead atoms. The first-order valence-electron chi connectivity index (χ1n) is 8.92. The van der Waals surface area contributed by atoms with E-state index >= 15 is 0 Å². The maximum atomic E-state index is 12.9. The van der Waals surface area contributed by atoms with E-state index in [1.807, 2.05) is 37.3 Å². The number of carbonyl (C=O) groups is 3. The third-order valence-corrected chi connectivity index (χ3v) is 5.14. The molecule has 3 rings (SSSR count). The van der Waals surface area contributed by atoms with Gasteiger partial charge < -0.3 is 10.1 Å². The number of carbonyl (C=O) groups excluding carboxylic acids is 3. The molecule has 0 aliphatic carbocycles. The molecule has 1 atom stereocenters. The van der Waals surface area contributed by atoms with Crippen LogP contribution in [0.3, 0.4) is 0 Å². The highest BCUT2D eigenvalue weighted by Crippen LogP contribution is 2.31. The van der Waals surface area contributed by atoms with Crippen molar-refractivity contribution in [1.29, 1.82) is 0 Å². The normalized spacial score (nSPS) is 11.4. The molecule has 3 amide bonds. The predicted molar refractivity (Wildman–Crippen MR) is 112 cm³/mol. The summed E-state index contributed by atoms with van der Waals surface area (Å²) in [7, 11) is 1.39. The molecule has 0 fully saturated rings. The second-order valence-corrected chi connectivity index (χ2v) is 7.21. The standard InChI is InChI=1S/C22H20N2O4S/c1-14-8-10-15(11-9-14)17-12-13-29-19(17)21(26)28-18(16-6-4-3-5-7-16)20(25)24-22(27)23-2/h3-13,18H,1-2H3,(H2,23,24,25,27)/t18-/m0/s1. The quantitative estimate of drug-likeness (QED) is 0.623. The first-order chi connectivity index (χ1) is 14.0. The summed E-state index contributed by atoms with van der Waals surface area (Å²) in [5.41, 5.74) is 3.20. The first kappa shape index (κ1) is 20.3. The number of urea groups is 1. The van der Waals surface area contributed by atoms with Gasteiger partial charge in [-0.1, -0.05) is 60.2 Å². The van der Waals surface area contributed by atoms with Gasteiger partial charge in [-0.3, -0.25) is 10.1 Å². The fourth-order valence-electron chi connectivity index (χ4n) is 2.73. The van der Waals surface area contributed by atoms with Gasteiger partial charge in [-0.2, -0.15) is 0 Å². The Morgan fingerprint density at radius 2 is 1.66 bits per heavy atom. The van der Waals surface area contributed by atoms with Gasteiger partial charge in [0.2, 0.25) is 6.10 Å². The molecule has 3 aromatic rings. The summed E-state index contributed by atoms with van der Waals surface area (Å²) in [6, 6.07) is 17.5. The Morgan fingerprint density at radius 3 is 2.31 bits per heavy atom. The summed E-state index contributed by atoms with van der Waals surface area (Å²) in [5, 5.41) is 6.28. The molecule has 0 radical (unpaired) electrons. The lowest BCUT2D eigenvalue weighted by molar-refractivity contribution is -0.129. The summed E-state index contributed by atoms with van der Waals surface area (Å²) in [6.07, 6.45) is -1.26. The van der Waals surface area contributed by atoms with Crippen LogP contribution in [0.15, 0.2) is 66.0 Å². The number of esters is 1. The Balaban J connectivity index is 1.88. The number of nitrogens with one attached hydrogen (secondary N) is 2. The van der Waals surface area contributed by atoms with Crippen LogP contribution in [0, 0.1) is 6.92 Å². The number of hydrogen-bond acceptors (Lipinski definition) is 5. The monoisotopic (exact) mass is 408 g/mol. The van der Waals surface area contributed by atoms with Crippen molar-refractivity contribution >= 4 is 29.2 Å². The van der Waals surface area contributed by atoms with Crippen molar-refractivity contribution in [3.63, 3.8) is 0 Å². The summed E-state index contributed by atoms with van der Waals surface area (Å²) < 4.78 is 5.55. The predicted octanol–water partition coefficient (Wildman–Crippen LogP) is 4.08. The molecule has 7 heteroatoms. The summed E-state index contributed by atoms with van der Waals surface area (Å²) >= 11 is 1.24. The van der Waals surface area contributed by atoms with Crippen molar-refractivity contribution in [1.82, 2.24) is 10.6 Å². The second kappa shape index (κ2) is 9.16. The smallest absolute Gasteiger partial charge is 0.350 e. The highest BCUT2D eigenvalue weighted by Gasteiger charge is 2.28. The van der Waals surface area contributed by atoms with Crippen molar-refractivity contribution in [3.8, 4) is 11.1 Å². The van der Waals surface area contributed by atoms with Gasteiger partial charge >= 0.3 is 12.0 Å². The first-order valence-corrected chi connectivity index (χ1v) is 9.80. The highest BCUT2D eigenvalue weighted by atomic mass is 32.1. The van der Waals surface area contributed by atoms with Gasteiger partial charge in [0.15, 0.2) is 0 Å². The fourth-order valence-corrected chi connectivity index (χ4v) is 3.53. The topological polar surface area (TPSA) is 84.5 Å². The summed E-state index contributed by atoms with van der Waals surface area (Å²) in [6.45, 7) is 1.99. The number of hydrogen-bond donors (Lipinski definition) is 2. The molecule has 6 nitrogen and oxygen atoms in total. The van der Waals surface area contributed by atoms with E-state index in [1.165, 1.54) is 18.4 Å². The lowest BCUT2D eigenvalue weighted by Crippen LogP contribution is -2.41. The second-order valence-electron chi connectivity index (χ2n) is 6.29. The Hall–Kier alpha value is -3.45. The number of rotatable bonds is 5. The van der Waals surface area contributed by atoms with E-state index < -0.39 is 24.0 Å². The van der Waals surface area contributed by atoms with Crippen molar-refractivity contribution in [2.75, 3.05) is 7.05 Å². The van der Waals surface area contributed by atoms with Crippen LogP contribution in [0.2, 0.25) is 0 Å².